The van der Waals surface area contributed by atoms with Crippen LogP contribution in [0.25, 0.3) is 16.7 Å². The van der Waals surface area contributed by atoms with Gasteiger partial charge in [-0.1, -0.05) is 30.8 Å². The zero-order valence-electron chi connectivity index (χ0n) is 19.1. The Bertz CT molecular complexity index is 1420. The van der Waals surface area contributed by atoms with E-state index in [9.17, 15) is 9.59 Å². The molecule has 2 aromatic carbocycles. The summed E-state index contributed by atoms with van der Waals surface area (Å²) in [6.45, 7) is 7.21. The molecule has 3 heterocycles. The van der Waals surface area contributed by atoms with Crippen molar-refractivity contribution < 1.29 is 9.53 Å². The number of imidazole rings is 1. The van der Waals surface area contributed by atoms with Crippen molar-refractivity contribution in [3.8, 4) is 11.4 Å². The van der Waals surface area contributed by atoms with Crippen LogP contribution in [-0.2, 0) is 11.4 Å². The molecule has 0 N–H and O–H groups in total. The molecule has 4 aromatic rings. The number of aromatic nitrogens is 3. The lowest BCUT2D eigenvalue weighted by Gasteiger charge is -2.15. The van der Waals surface area contributed by atoms with Crippen molar-refractivity contribution >= 4 is 16.9 Å². The molecule has 1 atom stereocenters. The zero-order valence-corrected chi connectivity index (χ0v) is 19.1. The van der Waals surface area contributed by atoms with Crippen molar-refractivity contribution in [2.75, 3.05) is 13.1 Å². The predicted octanol–water partition coefficient (Wildman–Crippen LogP) is 4.03. The van der Waals surface area contributed by atoms with E-state index < -0.39 is 0 Å². The van der Waals surface area contributed by atoms with Gasteiger partial charge in [0.05, 0.1) is 29.0 Å². The molecule has 0 saturated carbocycles. The minimum atomic E-state index is -0.144. The number of carbonyl (C=O) groups is 1. The highest BCUT2D eigenvalue weighted by Crippen LogP contribution is 2.27. The molecule has 2 aromatic heterocycles. The number of aryl methyl sites for hydroxylation is 1. The third kappa shape index (κ3) is 3.90. The van der Waals surface area contributed by atoms with Crippen LogP contribution in [0, 0.1) is 6.92 Å². The summed E-state index contributed by atoms with van der Waals surface area (Å²) in [6.07, 6.45) is 5.43. The largest absolute Gasteiger partial charge is 0.489 e. The quantitative estimate of drug-likeness (QED) is 0.413. The lowest BCUT2D eigenvalue weighted by molar-refractivity contribution is -0.125. The molecule has 1 aliphatic rings. The summed E-state index contributed by atoms with van der Waals surface area (Å²) in [7, 11) is 0. The monoisotopic (exact) mass is 454 g/mol. The fourth-order valence-corrected chi connectivity index (χ4v) is 4.58. The number of likely N-dealkylation sites (tertiary alicyclic amines) is 1. The van der Waals surface area contributed by atoms with Crippen molar-refractivity contribution in [2.24, 2.45) is 0 Å². The van der Waals surface area contributed by atoms with Gasteiger partial charge in [-0.15, -0.1) is 0 Å². The topological polar surface area (TPSA) is 69.4 Å². The van der Waals surface area contributed by atoms with Crippen molar-refractivity contribution in [1.82, 2.24) is 19.0 Å². The van der Waals surface area contributed by atoms with Crippen molar-refractivity contribution in [3.63, 3.8) is 0 Å². The summed E-state index contributed by atoms with van der Waals surface area (Å²) in [5, 5.41) is 0. The second-order valence-corrected chi connectivity index (χ2v) is 8.49. The molecule has 0 radical (unpaired) electrons. The Labute approximate surface area is 197 Å². The van der Waals surface area contributed by atoms with E-state index >= 15 is 0 Å². The van der Waals surface area contributed by atoms with Gasteiger partial charge in [-0.05, 0) is 60.9 Å². The van der Waals surface area contributed by atoms with E-state index in [-0.39, 0.29) is 17.6 Å². The second kappa shape index (κ2) is 9.02. The third-order valence-corrected chi connectivity index (χ3v) is 6.44. The first-order valence-corrected chi connectivity index (χ1v) is 11.3. The molecule has 7 heteroatoms. The first-order valence-electron chi connectivity index (χ1n) is 11.3. The average molecular weight is 455 g/mol. The summed E-state index contributed by atoms with van der Waals surface area (Å²) < 4.78 is 9.42. The third-order valence-electron chi connectivity index (χ3n) is 6.44. The molecule has 0 unspecified atom stereocenters. The van der Waals surface area contributed by atoms with Crippen LogP contribution in [-0.4, -0.2) is 38.0 Å². The molecule has 7 nitrogen and oxygen atoms in total. The molecule has 1 aliphatic heterocycles. The minimum Gasteiger partial charge on any atom is -0.489 e. The van der Waals surface area contributed by atoms with Crippen LogP contribution in [0.4, 0.5) is 0 Å². The summed E-state index contributed by atoms with van der Waals surface area (Å²) in [5.74, 6) is 0.624. The first-order chi connectivity index (χ1) is 16.6. The number of benzene rings is 2. The van der Waals surface area contributed by atoms with Gasteiger partial charge in [0.25, 0.3) is 0 Å². The molecule has 1 fully saturated rings. The number of hydrogen-bond donors (Lipinski definition) is 0. The Hall–Kier alpha value is -4.13. The Balaban J connectivity index is 1.45. The Morgan fingerprint density at radius 1 is 1.15 bits per heavy atom. The zero-order chi connectivity index (χ0) is 23.7. The van der Waals surface area contributed by atoms with Gasteiger partial charge in [0, 0.05) is 19.3 Å². The molecular formula is C27H26N4O3. The lowest BCUT2D eigenvalue weighted by Crippen LogP contribution is -2.31. The van der Waals surface area contributed by atoms with E-state index in [1.807, 2.05) is 42.5 Å². The summed E-state index contributed by atoms with van der Waals surface area (Å²) >= 11 is 0. The van der Waals surface area contributed by atoms with Crippen LogP contribution in [0.5, 0.6) is 5.75 Å². The summed E-state index contributed by atoms with van der Waals surface area (Å²) in [4.78, 5) is 31.6. The van der Waals surface area contributed by atoms with Crippen LogP contribution in [0.3, 0.4) is 0 Å². The Kier molecular flexibility index (Phi) is 5.76. The highest BCUT2D eigenvalue weighted by molar-refractivity contribution is 5.87. The van der Waals surface area contributed by atoms with Crippen molar-refractivity contribution in [3.05, 3.63) is 101 Å². The fraction of sp³-hybridized carbons (Fsp3) is 0.222. The number of carbonyl (C=O) groups excluding carboxylic acids is 1. The molecule has 172 valence electrons. The average Bonchev–Trinajstić information content (AvgIpc) is 3.45. The number of ether oxygens (including phenoxy) is 1. The van der Waals surface area contributed by atoms with Crippen LogP contribution < -0.4 is 10.4 Å². The van der Waals surface area contributed by atoms with Gasteiger partial charge in [-0.2, -0.15) is 0 Å². The van der Waals surface area contributed by atoms with E-state index in [0.717, 1.165) is 28.0 Å². The number of fused-ring (bicyclic) bond motifs is 1. The van der Waals surface area contributed by atoms with Gasteiger partial charge in [0.2, 0.25) is 5.91 Å². The van der Waals surface area contributed by atoms with Gasteiger partial charge in [0.1, 0.15) is 12.4 Å². The van der Waals surface area contributed by atoms with Crippen LogP contribution in [0.1, 0.15) is 23.6 Å². The minimum absolute atomic E-state index is 0.0979. The van der Waals surface area contributed by atoms with E-state index in [0.29, 0.717) is 26.1 Å². The van der Waals surface area contributed by atoms with E-state index in [1.165, 1.54) is 11.6 Å². The van der Waals surface area contributed by atoms with Crippen molar-refractivity contribution in [2.45, 2.75) is 26.0 Å². The molecule has 0 bridgehead atoms. The van der Waals surface area contributed by atoms with Gasteiger partial charge in [-0.25, -0.2) is 4.79 Å². The van der Waals surface area contributed by atoms with E-state index in [1.54, 1.807) is 26.4 Å². The van der Waals surface area contributed by atoms with Gasteiger partial charge < -0.3 is 9.64 Å². The Morgan fingerprint density at radius 3 is 2.71 bits per heavy atom. The van der Waals surface area contributed by atoms with Crippen LogP contribution in [0.2, 0.25) is 0 Å². The molecule has 1 saturated heterocycles. The highest BCUT2D eigenvalue weighted by atomic mass is 16.5. The smallest absolute Gasteiger partial charge is 0.334 e. The molecule has 5 rings (SSSR count). The van der Waals surface area contributed by atoms with Crippen LogP contribution >= 0.6 is 0 Å². The van der Waals surface area contributed by atoms with Crippen molar-refractivity contribution in [1.29, 1.82) is 0 Å². The molecule has 0 spiro atoms. The predicted molar refractivity (Wildman–Crippen MR) is 131 cm³/mol. The molecule has 34 heavy (non-hydrogen) atoms. The normalized spacial score (nSPS) is 15.6. The fourth-order valence-electron chi connectivity index (χ4n) is 4.58. The number of rotatable bonds is 6. The molecule has 1 amide bonds. The molecular weight excluding hydrogens is 428 g/mol. The summed E-state index contributed by atoms with van der Waals surface area (Å²) in [6, 6.07) is 17.4. The maximum Gasteiger partial charge on any atom is 0.334 e. The maximum absolute atomic E-state index is 13.6. The highest BCUT2D eigenvalue weighted by Gasteiger charge is 2.29. The summed E-state index contributed by atoms with van der Waals surface area (Å²) in [5.41, 5.74) is 4.45. The standard InChI is InChI=1S/C27H26N4O3/c1-3-26(32)29-15-13-22(17-29)31-24-12-14-28-16-25(24)30(27(31)33)21-8-10-23(11-9-21)34-18-20-7-5-4-6-19(20)2/h3-12,14,16,22H,1,13,15,17-18H2,2H3/t22-/m1/s1. The first kappa shape index (κ1) is 21.7. The number of hydrogen-bond acceptors (Lipinski definition) is 4. The molecule has 0 aliphatic carbocycles. The van der Waals surface area contributed by atoms with Gasteiger partial charge in [-0.3, -0.25) is 18.9 Å². The lowest BCUT2D eigenvalue weighted by atomic mass is 10.1. The van der Waals surface area contributed by atoms with E-state index in [4.69, 9.17) is 4.74 Å². The number of amides is 1. The van der Waals surface area contributed by atoms with E-state index in [2.05, 4.69) is 30.6 Å². The maximum atomic E-state index is 13.6. The van der Waals surface area contributed by atoms with Gasteiger partial charge in [0.15, 0.2) is 0 Å². The Morgan fingerprint density at radius 2 is 1.94 bits per heavy atom. The van der Waals surface area contributed by atoms with Gasteiger partial charge >= 0.3 is 5.69 Å². The van der Waals surface area contributed by atoms with Crippen LogP contribution in [0.15, 0.2) is 84.4 Å². The SMILES string of the molecule is C=CC(=O)N1CC[C@@H](n2c(=O)n(-c3ccc(OCc4ccccc4C)cc3)c3cnccc32)C1. The number of nitrogens with zero attached hydrogens (tertiary/aromatic N) is 4. The number of pyridine rings is 1. The second-order valence-electron chi connectivity index (χ2n) is 8.49.